The average Bonchev–Trinajstić information content (AvgIpc) is 2.57. The predicted octanol–water partition coefficient (Wildman–Crippen LogP) is 3.48. The highest BCUT2D eigenvalue weighted by Gasteiger charge is 2.11. The molecule has 0 aromatic rings. The second-order valence-corrected chi connectivity index (χ2v) is 6.31. The van der Waals surface area contributed by atoms with Gasteiger partial charge in [0.05, 0.1) is 13.2 Å². The molecule has 0 fully saturated rings. The van der Waals surface area contributed by atoms with Crippen molar-refractivity contribution >= 4 is 32.0 Å². The molecule has 0 atom stereocenters. The zero-order valence-corrected chi connectivity index (χ0v) is 12.2. The number of aliphatic imine (C=N–C) groups is 2. The van der Waals surface area contributed by atoms with E-state index in [2.05, 4.69) is 9.98 Å². The van der Waals surface area contributed by atoms with Crippen LogP contribution in [-0.2, 0) is 9.47 Å². The Morgan fingerprint density at radius 3 is 1.83 bits per heavy atom. The van der Waals surface area contributed by atoms with Gasteiger partial charge >= 0.3 is 0 Å². The Bertz CT molecular complexity index is 308. The third-order valence-electron chi connectivity index (χ3n) is 2.72. The van der Waals surface area contributed by atoms with Gasteiger partial charge in [0, 0.05) is 34.7 Å². The van der Waals surface area contributed by atoms with Gasteiger partial charge in [0.1, 0.15) is 0 Å². The number of rotatable bonds is 0. The number of hydrogen-bond donors (Lipinski definition) is 0. The summed E-state index contributed by atoms with van der Waals surface area (Å²) in [6.07, 6.45) is 7.00. The fraction of sp³-hybridized carbons (Fsp3) is 0.833. The molecule has 0 aromatic carbocycles. The minimum Gasteiger partial charge on any atom is -0.472 e. The molecule has 0 aromatic heterocycles. The van der Waals surface area contributed by atoms with Crippen LogP contribution in [0.15, 0.2) is 9.98 Å². The smallest absolute Gasteiger partial charge is 0.257 e. The summed E-state index contributed by atoms with van der Waals surface area (Å²) in [5, 5.41) is 1.54. The third-order valence-corrected chi connectivity index (χ3v) is 4.69. The molecule has 4 nitrogen and oxygen atoms in total. The monoisotopic (exact) mass is 288 g/mol. The van der Waals surface area contributed by atoms with Crippen molar-refractivity contribution in [2.75, 3.05) is 26.3 Å². The van der Waals surface area contributed by atoms with Gasteiger partial charge in [-0.3, -0.25) is 0 Å². The van der Waals surface area contributed by atoms with Gasteiger partial charge in [-0.2, -0.15) is 0 Å². The lowest BCUT2D eigenvalue weighted by atomic mass is 10.2. The normalized spacial score (nSPS) is 25.1. The Balaban J connectivity index is 1.77. The maximum atomic E-state index is 5.67. The van der Waals surface area contributed by atoms with Gasteiger partial charge < -0.3 is 9.47 Å². The van der Waals surface area contributed by atoms with Crippen LogP contribution >= 0.6 is 21.6 Å². The van der Waals surface area contributed by atoms with E-state index in [1.54, 1.807) is 0 Å². The molecule has 0 amide bonds. The van der Waals surface area contributed by atoms with Crippen LogP contribution in [-0.4, -0.2) is 36.8 Å². The molecule has 2 aliphatic rings. The van der Waals surface area contributed by atoms with Crippen LogP contribution in [0.4, 0.5) is 0 Å². The molecule has 6 heteroatoms. The SMILES string of the molecule is C1CCCO/C(SSC2=NCCCCO2)=N\CC1. The van der Waals surface area contributed by atoms with Crippen molar-refractivity contribution in [3.05, 3.63) is 0 Å². The second-order valence-electron chi connectivity index (χ2n) is 4.28. The molecule has 0 unspecified atom stereocenters. The van der Waals surface area contributed by atoms with Crippen molar-refractivity contribution in [1.29, 1.82) is 0 Å². The Morgan fingerprint density at radius 1 is 0.667 bits per heavy atom. The Kier molecular flexibility index (Phi) is 6.79. The van der Waals surface area contributed by atoms with Crippen molar-refractivity contribution in [2.45, 2.75) is 38.5 Å². The van der Waals surface area contributed by atoms with Gasteiger partial charge in [-0.25, -0.2) is 9.98 Å². The van der Waals surface area contributed by atoms with Gasteiger partial charge in [-0.05, 0) is 32.1 Å². The molecule has 2 aliphatic heterocycles. The molecule has 0 saturated heterocycles. The van der Waals surface area contributed by atoms with Crippen LogP contribution in [0.3, 0.4) is 0 Å². The first-order chi connectivity index (χ1) is 8.95. The zero-order chi connectivity index (χ0) is 12.5. The van der Waals surface area contributed by atoms with Gasteiger partial charge in [0.2, 0.25) is 0 Å². The molecular formula is C12H20N2O2S2. The molecule has 0 radical (unpaired) electrons. The van der Waals surface area contributed by atoms with Crippen molar-refractivity contribution in [3.63, 3.8) is 0 Å². The fourth-order valence-corrected chi connectivity index (χ4v) is 3.43. The molecule has 2 heterocycles. The van der Waals surface area contributed by atoms with Crippen molar-refractivity contribution in [2.24, 2.45) is 9.98 Å². The Hall–Kier alpha value is -0.360. The molecule has 0 bridgehead atoms. The van der Waals surface area contributed by atoms with E-state index in [0.717, 1.165) is 62.4 Å². The molecule has 102 valence electrons. The topological polar surface area (TPSA) is 43.2 Å². The van der Waals surface area contributed by atoms with E-state index < -0.39 is 0 Å². The lowest BCUT2D eigenvalue weighted by Gasteiger charge is -2.08. The molecule has 0 saturated carbocycles. The third kappa shape index (κ3) is 5.52. The van der Waals surface area contributed by atoms with Crippen LogP contribution < -0.4 is 0 Å². The Labute approximate surface area is 116 Å². The maximum Gasteiger partial charge on any atom is 0.257 e. The zero-order valence-electron chi connectivity index (χ0n) is 10.6. The van der Waals surface area contributed by atoms with Gasteiger partial charge in [-0.1, -0.05) is 6.42 Å². The van der Waals surface area contributed by atoms with Crippen LogP contribution in [0.1, 0.15) is 38.5 Å². The average molecular weight is 288 g/mol. The minimum absolute atomic E-state index is 0.767. The molecule has 0 N–H and O–H groups in total. The van der Waals surface area contributed by atoms with E-state index in [0.29, 0.717) is 0 Å². The summed E-state index contributed by atoms with van der Waals surface area (Å²) >= 11 is 0. The molecule has 2 rings (SSSR count). The van der Waals surface area contributed by atoms with Gasteiger partial charge in [0.15, 0.2) is 0 Å². The van der Waals surface area contributed by atoms with E-state index in [4.69, 9.17) is 9.47 Å². The highest BCUT2D eigenvalue weighted by molar-refractivity contribution is 8.87. The summed E-state index contributed by atoms with van der Waals surface area (Å²) in [4.78, 5) is 8.87. The first-order valence-corrected chi connectivity index (χ1v) is 8.79. The van der Waals surface area contributed by atoms with Crippen molar-refractivity contribution in [1.82, 2.24) is 0 Å². The van der Waals surface area contributed by atoms with E-state index >= 15 is 0 Å². The number of ether oxygens (including phenoxy) is 2. The van der Waals surface area contributed by atoms with E-state index in [9.17, 15) is 0 Å². The lowest BCUT2D eigenvalue weighted by Crippen LogP contribution is -2.03. The standard InChI is InChI=1S/C12H20N2O2S2/c1-2-5-9-15-11(13-7-3-1)17-18-12-14-8-4-6-10-16-12/h1-10H2/b13-11+. The van der Waals surface area contributed by atoms with Crippen molar-refractivity contribution in [3.8, 4) is 0 Å². The molecule has 18 heavy (non-hydrogen) atoms. The van der Waals surface area contributed by atoms with Crippen LogP contribution in [0.5, 0.6) is 0 Å². The highest BCUT2D eigenvalue weighted by atomic mass is 33.1. The van der Waals surface area contributed by atoms with Crippen LogP contribution in [0.2, 0.25) is 0 Å². The van der Waals surface area contributed by atoms with E-state index in [1.807, 2.05) is 0 Å². The largest absolute Gasteiger partial charge is 0.472 e. The summed E-state index contributed by atoms with van der Waals surface area (Å²) in [6.45, 7) is 3.30. The first-order valence-electron chi connectivity index (χ1n) is 6.64. The van der Waals surface area contributed by atoms with Crippen molar-refractivity contribution < 1.29 is 9.47 Å². The molecule has 0 spiro atoms. The van der Waals surface area contributed by atoms with Gasteiger partial charge in [-0.15, -0.1) is 0 Å². The summed E-state index contributed by atoms with van der Waals surface area (Å²) in [7, 11) is 3.06. The minimum atomic E-state index is 0.767. The highest BCUT2D eigenvalue weighted by Crippen LogP contribution is 2.27. The van der Waals surface area contributed by atoms with Crippen LogP contribution in [0.25, 0.3) is 0 Å². The van der Waals surface area contributed by atoms with E-state index in [-0.39, 0.29) is 0 Å². The summed E-state index contributed by atoms with van der Waals surface area (Å²) in [6, 6.07) is 0. The summed E-state index contributed by atoms with van der Waals surface area (Å²) in [5.74, 6) is 0. The molecular weight excluding hydrogens is 268 g/mol. The second kappa shape index (κ2) is 8.69. The summed E-state index contributed by atoms with van der Waals surface area (Å²) < 4.78 is 11.2. The van der Waals surface area contributed by atoms with Crippen LogP contribution in [0, 0.1) is 0 Å². The molecule has 0 aliphatic carbocycles. The predicted molar refractivity (Wildman–Crippen MR) is 79.4 cm³/mol. The first kappa shape index (κ1) is 14.1. The maximum absolute atomic E-state index is 5.67. The van der Waals surface area contributed by atoms with E-state index in [1.165, 1.54) is 34.4 Å². The number of hydrogen-bond acceptors (Lipinski definition) is 6. The quantitative estimate of drug-likeness (QED) is 0.640. The van der Waals surface area contributed by atoms with Gasteiger partial charge in [0.25, 0.3) is 10.5 Å². The summed E-state index contributed by atoms with van der Waals surface area (Å²) in [5.41, 5.74) is 0. The Morgan fingerprint density at radius 2 is 1.17 bits per heavy atom. The lowest BCUT2D eigenvalue weighted by molar-refractivity contribution is 0.304. The number of nitrogens with zero attached hydrogens (tertiary/aromatic N) is 2. The fourth-order valence-electron chi connectivity index (χ4n) is 1.70.